The number of Topliss-reactive ketones (excluding diaryl/α,β-unsaturated/α-hetero) is 1. The normalized spacial score (nSPS) is 16.8. The van der Waals surface area contributed by atoms with Gasteiger partial charge in [-0.15, -0.1) is 0 Å². The van der Waals surface area contributed by atoms with Crippen LogP contribution >= 0.6 is 0 Å². The molecule has 0 radical (unpaired) electrons. The summed E-state index contributed by atoms with van der Waals surface area (Å²) in [6.45, 7) is 1.32. The zero-order valence-electron chi connectivity index (χ0n) is 12.3. The SMILES string of the molecule is CC[C@H](NC(=O)C1CCCCC1)C(=O)C(=O)NCC(N)=O. The number of hydrogen-bond donors (Lipinski definition) is 3. The van der Waals surface area contributed by atoms with Crippen molar-refractivity contribution >= 4 is 23.5 Å². The standard InChI is InChI=1S/C14H23N3O4/c1-2-10(12(19)14(21)16-8-11(15)18)17-13(20)9-6-4-3-5-7-9/h9-10H,2-8H2,1H3,(H2,15,18)(H,16,21)(H,17,20)/t10-/m0/s1. The Morgan fingerprint density at radius 3 is 2.29 bits per heavy atom. The number of ketones is 1. The summed E-state index contributed by atoms with van der Waals surface area (Å²) < 4.78 is 0. The molecule has 7 heteroatoms. The molecule has 1 rings (SSSR count). The molecule has 1 aliphatic rings. The first-order valence-electron chi connectivity index (χ1n) is 7.36. The fourth-order valence-corrected chi connectivity index (χ4v) is 2.42. The lowest BCUT2D eigenvalue weighted by molar-refractivity contribution is -0.141. The molecule has 1 fully saturated rings. The lowest BCUT2D eigenvalue weighted by atomic mass is 9.88. The first-order chi connectivity index (χ1) is 9.95. The summed E-state index contributed by atoms with van der Waals surface area (Å²) >= 11 is 0. The summed E-state index contributed by atoms with van der Waals surface area (Å²) in [5, 5.41) is 4.77. The zero-order chi connectivity index (χ0) is 15.8. The Balaban J connectivity index is 2.52. The minimum absolute atomic E-state index is 0.0747. The summed E-state index contributed by atoms with van der Waals surface area (Å²) in [5.74, 6) is -2.62. The van der Waals surface area contributed by atoms with E-state index in [9.17, 15) is 19.2 Å². The van der Waals surface area contributed by atoms with Crippen LogP contribution in [0.3, 0.4) is 0 Å². The number of nitrogens with two attached hydrogens (primary N) is 1. The molecule has 1 atom stereocenters. The van der Waals surface area contributed by atoms with Gasteiger partial charge >= 0.3 is 0 Å². The molecule has 0 bridgehead atoms. The second-order valence-electron chi connectivity index (χ2n) is 5.32. The molecular formula is C14H23N3O4. The van der Waals surface area contributed by atoms with Crippen LogP contribution in [0.5, 0.6) is 0 Å². The summed E-state index contributed by atoms with van der Waals surface area (Å²) in [7, 11) is 0. The van der Waals surface area contributed by atoms with E-state index in [1.807, 2.05) is 0 Å². The maximum atomic E-state index is 12.1. The van der Waals surface area contributed by atoms with Gasteiger partial charge in [-0.2, -0.15) is 0 Å². The van der Waals surface area contributed by atoms with E-state index in [1.165, 1.54) is 0 Å². The van der Waals surface area contributed by atoms with Crippen LogP contribution in [0, 0.1) is 5.92 Å². The Kier molecular flexibility index (Phi) is 6.84. The number of nitrogens with one attached hydrogen (secondary N) is 2. The second-order valence-corrected chi connectivity index (χ2v) is 5.32. The summed E-state index contributed by atoms with van der Waals surface area (Å²) in [5.41, 5.74) is 4.89. The van der Waals surface area contributed by atoms with Crippen molar-refractivity contribution in [1.82, 2.24) is 10.6 Å². The molecule has 0 saturated heterocycles. The Labute approximate surface area is 124 Å². The predicted molar refractivity (Wildman–Crippen MR) is 76.0 cm³/mol. The third-order valence-electron chi connectivity index (χ3n) is 3.66. The molecule has 0 aromatic rings. The van der Waals surface area contributed by atoms with Gasteiger partial charge < -0.3 is 16.4 Å². The van der Waals surface area contributed by atoms with E-state index < -0.39 is 30.2 Å². The molecule has 1 aliphatic carbocycles. The van der Waals surface area contributed by atoms with E-state index in [2.05, 4.69) is 10.6 Å². The highest BCUT2D eigenvalue weighted by Gasteiger charge is 2.28. The van der Waals surface area contributed by atoms with E-state index in [0.29, 0.717) is 6.42 Å². The molecule has 0 heterocycles. The molecule has 0 aromatic carbocycles. The molecule has 0 aliphatic heterocycles. The van der Waals surface area contributed by atoms with Crippen molar-refractivity contribution < 1.29 is 19.2 Å². The van der Waals surface area contributed by atoms with Gasteiger partial charge in [-0.3, -0.25) is 19.2 Å². The average molecular weight is 297 g/mol. The number of amides is 3. The lowest BCUT2D eigenvalue weighted by Gasteiger charge is -2.23. The van der Waals surface area contributed by atoms with Gasteiger partial charge in [0, 0.05) is 5.92 Å². The predicted octanol–water partition coefficient (Wildman–Crippen LogP) is -0.368. The number of rotatable bonds is 7. The molecule has 118 valence electrons. The third kappa shape index (κ3) is 5.53. The van der Waals surface area contributed by atoms with Crippen LogP contribution in [0.15, 0.2) is 0 Å². The Morgan fingerprint density at radius 1 is 1.14 bits per heavy atom. The molecule has 3 amide bonds. The number of hydrogen-bond acceptors (Lipinski definition) is 4. The molecule has 21 heavy (non-hydrogen) atoms. The van der Waals surface area contributed by atoms with Crippen LogP contribution in [0.1, 0.15) is 45.4 Å². The maximum absolute atomic E-state index is 12.1. The number of carbonyl (C=O) groups is 4. The van der Waals surface area contributed by atoms with Gasteiger partial charge in [-0.25, -0.2) is 0 Å². The second kappa shape index (κ2) is 8.39. The summed E-state index contributed by atoms with van der Waals surface area (Å²) in [6.07, 6.45) is 5.13. The lowest BCUT2D eigenvalue weighted by Crippen LogP contribution is -2.49. The maximum Gasteiger partial charge on any atom is 0.290 e. The van der Waals surface area contributed by atoms with Gasteiger partial charge in [0.25, 0.3) is 5.91 Å². The van der Waals surface area contributed by atoms with E-state index in [4.69, 9.17) is 5.73 Å². The van der Waals surface area contributed by atoms with E-state index >= 15 is 0 Å². The highest BCUT2D eigenvalue weighted by Crippen LogP contribution is 2.23. The average Bonchev–Trinajstić information content (AvgIpc) is 2.50. The van der Waals surface area contributed by atoms with Crippen molar-refractivity contribution in [3.05, 3.63) is 0 Å². The van der Waals surface area contributed by atoms with E-state index in [-0.39, 0.29) is 11.8 Å². The van der Waals surface area contributed by atoms with Crippen LogP contribution < -0.4 is 16.4 Å². The quantitative estimate of drug-likeness (QED) is 0.556. The number of primary amides is 1. The van der Waals surface area contributed by atoms with Crippen molar-refractivity contribution in [2.75, 3.05) is 6.54 Å². The van der Waals surface area contributed by atoms with Crippen LogP contribution in [0.2, 0.25) is 0 Å². The molecule has 0 aromatic heterocycles. The van der Waals surface area contributed by atoms with Crippen molar-refractivity contribution in [2.24, 2.45) is 11.7 Å². The molecule has 4 N–H and O–H groups in total. The van der Waals surface area contributed by atoms with Gasteiger partial charge in [-0.1, -0.05) is 26.2 Å². The highest BCUT2D eigenvalue weighted by molar-refractivity contribution is 6.38. The molecule has 1 saturated carbocycles. The molecular weight excluding hydrogens is 274 g/mol. The minimum Gasteiger partial charge on any atom is -0.368 e. The minimum atomic E-state index is -0.899. The van der Waals surface area contributed by atoms with Crippen LogP contribution in [-0.4, -0.2) is 36.1 Å². The van der Waals surface area contributed by atoms with Crippen molar-refractivity contribution in [1.29, 1.82) is 0 Å². The molecule has 0 unspecified atom stereocenters. The fraction of sp³-hybridized carbons (Fsp3) is 0.714. The fourth-order valence-electron chi connectivity index (χ4n) is 2.42. The van der Waals surface area contributed by atoms with Gasteiger partial charge in [0.2, 0.25) is 17.6 Å². The van der Waals surface area contributed by atoms with E-state index in [0.717, 1.165) is 32.1 Å². The van der Waals surface area contributed by atoms with Crippen molar-refractivity contribution in [3.8, 4) is 0 Å². The largest absolute Gasteiger partial charge is 0.368 e. The smallest absolute Gasteiger partial charge is 0.290 e. The Bertz CT molecular complexity index is 416. The summed E-state index contributed by atoms with van der Waals surface area (Å²) in [4.78, 5) is 46.2. The topological polar surface area (TPSA) is 118 Å². The Morgan fingerprint density at radius 2 is 1.76 bits per heavy atom. The van der Waals surface area contributed by atoms with Gasteiger partial charge in [0.05, 0.1) is 12.6 Å². The van der Waals surface area contributed by atoms with Crippen LogP contribution in [0.25, 0.3) is 0 Å². The monoisotopic (exact) mass is 297 g/mol. The third-order valence-corrected chi connectivity index (χ3v) is 3.66. The number of carbonyl (C=O) groups excluding carboxylic acids is 4. The first-order valence-corrected chi connectivity index (χ1v) is 7.36. The van der Waals surface area contributed by atoms with Gasteiger partial charge in [0.1, 0.15) is 0 Å². The Hall–Kier alpha value is -1.92. The van der Waals surface area contributed by atoms with Crippen molar-refractivity contribution in [3.63, 3.8) is 0 Å². The van der Waals surface area contributed by atoms with E-state index in [1.54, 1.807) is 6.92 Å². The van der Waals surface area contributed by atoms with Crippen LogP contribution in [0.4, 0.5) is 0 Å². The van der Waals surface area contributed by atoms with Crippen LogP contribution in [-0.2, 0) is 19.2 Å². The summed E-state index contributed by atoms with van der Waals surface area (Å²) in [6, 6.07) is -0.854. The molecule has 7 nitrogen and oxygen atoms in total. The highest BCUT2D eigenvalue weighted by atomic mass is 16.2. The molecule has 0 spiro atoms. The van der Waals surface area contributed by atoms with Gasteiger partial charge in [-0.05, 0) is 19.3 Å². The first kappa shape index (κ1) is 17.1. The zero-order valence-corrected chi connectivity index (χ0v) is 12.3. The van der Waals surface area contributed by atoms with Crippen molar-refractivity contribution in [2.45, 2.75) is 51.5 Å². The van der Waals surface area contributed by atoms with Gasteiger partial charge in [0.15, 0.2) is 0 Å².